The van der Waals surface area contributed by atoms with Crippen LogP contribution >= 0.6 is 11.6 Å². The van der Waals surface area contributed by atoms with Crippen molar-refractivity contribution >= 4 is 50.8 Å². The van der Waals surface area contributed by atoms with Crippen molar-refractivity contribution < 1.29 is 0 Å². The van der Waals surface area contributed by atoms with E-state index >= 15 is 0 Å². The highest BCUT2D eigenvalue weighted by Gasteiger charge is 2.15. The van der Waals surface area contributed by atoms with Crippen LogP contribution in [-0.4, -0.2) is 36.6 Å². The average Bonchev–Trinajstić information content (AvgIpc) is 3.47. The number of nitrogens with one attached hydrogen (secondary N) is 1. The molecule has 6 aromatic rings. The van der Waals surface area contributed by atoms with Gasteiger partial charge in [0.1, 0.15) is 12.1 Å². The fourth-order valence-corrected chi connectivity index (χ4v) is 4.05. The Labute approximate surface area is 182 Å². The van der Waals surface area contributed by atoms with Crippen molar-refractivity contribution in [2.75, 3.05) is 11.9 Å². The van der Waals surface area contributed by atoms with Gasteiger partial charge in [0.25, 0.3) is 5.78 Å². The van der Waals surface area contributed by atoms with Crippen molar-refractivity contribution in [3.63, 3.8) is 0 Å². The summed E-state index contributed by atoms with van der Waals surface area (Å²) in [4.78, 5) is 14.6. The van der Waals surface area contributed by atoms with Gasteiger partial charge in [-0.1, -0.05) is 23.7 Å². The topological polar surface area (TPSA) is 75.0 Å². The first-order chi connectivity index (χ1) is 15.2. The lowest BCUT2D eigenvalue weighted by Crippen LogP contribution is -2.13. The quantitative estimate of drug-likeness (QED) is 0.419. The minimum atomic E-state index is 0.522. The summed E-state index contributed by atoms with van der Waals surface area (Å²) in [7, 11) is 1.99. The lowest BCUT2D eigenvalue weighted by atomic mass is 10.1. The number of pyridine rings is 1. The molecule has 31 heavy (non-hydrogen) atoms. The van der Waals surface area contributed by atoms with Crippen LogP contribution in [0.2, 0.25) is 5.02 Å². The van der Waals surface area contributed by atoms with Gasteiger partial charge in [-0.3, -0.25) is 9.38 Å². The summed E-state index contributed by atoms with van der Waals surface area (Å²) in [5.41, 5.74) is 5.98. The van der Waals surface area contributed by atoms with Crippen molar-refractivity contribution in [3.05, 3.63) is 78.3 Å². The van der Waals surface area contributed by atoms with Gasteiger partial charge in [-0.05, 0) is 48.0 Å². The smallest absolute Gasteiger partial charge is 0.257 e. The second-order valence-corrected chi connectivity index (χ2v) is 7.78. The molecule has 0 radical (unpaired) electrons. The molecule has 0 saturated heterocycles. The lowest BCUT2D eigenvalue weighted by molar-refractivity contribution is 1.08. The molecule has 7 nitrogen and oxygen atoms in total. The van der Waals surface area contributed by atoms with Crippen LogP contribution in [0.1, 0.15) is 0 Å². The molecule has 2 aromatic carbocycles. The normalized spacial score (nSPS) is 11.5. The number of hydrogen-bond donors (Lipinski definition) is 1. The van der Waals surface area contributed by atoms with Crippen molar-refractivity contribution in [1.82, 2.24) is 29.5 Å². The summed E-state index contributed by atoms with van der Waals surface area (Å²) in [6.07, 6.45) is 5.44. The van der Waals surface area contributed by atoms with E-state index in [-0.39, 0.29) is 0 Å². The highest BCUT2D eigenvalue weighted by atomic mass is 35.5. The van der Waals surface area contributed by atoms with Gasteiger partial charge in [0.05, 0.1) is 16.6 Å². The Hall–Kier alpha value is -3.97. The van der Waals surface area contributed by atoms with Crippen molar-refractivity contribution in [1.29, 1.82) is 0 Å². The Balaban J connectivity index is 1.49. The van der Waals surface area contributed by atoms with Crippen LogP contribution in [0.25, 0.3) is 38.8 Å². The number of aromatic amines is 1. The maximum absolute atomic E-state index is 6.26. The van der Waals surface area contributed by atoms with Gasteiger partial charge in [0.15, 0.2) is 0 Å². The summed E-state index contributed by atoms with van der Waals surface area (Å²) in [5, 5.41) is 9.76. The van der Waals surface area contributed by atoms with E-state index in [1.165, 1.54) is 0 Å². The number of benzene rings is 2. The van der Waals surface area contributed by atoms with Crippen molar-refractivity contribution in [2.24, 2.45) is 0 Å². The molecule has 0 aliphatic heterocycles. The SMILES string of the molecule is CN(c1cccc(-c2cnc3cc[nH]c3c2)c1)c1nc2nncn2c2cc(Cl)ccc12. The molecule has 4 heterocycles. The van der Waals surface area contributed by atoms with Gasteiger partial charge in [0, 0.05) is 41.1 Å². The van der Waals surface area contributed by atoms with E-state index < -0.39 is 0 Å². The van der Waals surface area contributed by atoms with Gasteiger partial charge >= 0.3 is 0 Å². The van der Waals surface area contributed by atoms with Crippen LogP contribution < -0.4 is 4.90 Å². The molecule has 0 bridgehead atoms. The predicted molar refractivity (Wildman–Crippen MR) is 123 cm³/mol. The monoisotopic (exact) mass is 425 g/mol. The number of rotatable bonds is 3. The molecule has 8 heteroatoms. The van der Waals surface area contributed by atoms with E-state index in [0.29, 0.717) is 10.8 Å². The Morgan fingerprint density at radius 2 is 1.97 bits per heavy atom. The summed E-state index contributed by atoms with van der Waals surface area (Å²) >= 11 is 6.26. The molecule has 0 amide bonds. The first-order valence-corrected chi connectivity index (χ1v) is 10.1. The molecule has 0 aliphatic rings. The van der Waals surface area contributed by atoms with Crippen LogP contribution in [0.3, 0.4) is 0 Å². The first-order valence-electron chi connectivity index (χ1n) is 9.74. The molecule has 0 aliphatic carbocycles. The average molecular weight is 426 g/mol. The molecule has 0 saturated carbocycles. The summed E-state index contributed by atoms with van der Waals surface area (Å²) in [6, 6.07) is 18.1. The Morgan fingerprint density at radius 1 is 1.03 bits per heavy atom. The molecular formula is C23H16ClN7. The van der Waals surface area contributed by atoms with Crippen LogP contribution in [0.4, 0.5) is 11.5 Å². The number of H-pyrrole nitrogens is 1. The zero-order valence-electron chi connectivity index (χ0n) is 16.5. The van der Waals surface area contributed by atoms with Crippen LogP contribution in [0.15, 0.2) is 73.3 Å². The molecule has 0 unspecified atom stereocenters. The van der Waals surface area contributed by atoms with Gasteiger partial charge < -0.3 is 9.88 Å². The summed E-state index contributed by atoms with van der Waals surface area (Å²) in [5.74, 6) is 1.30. The molecule has 0 spiro atoms. The number of hydrogen-bond acceptors (Lipinski definition) is 5. The van der Waals surface area contributed by atoms with E-state index in [1.54, 1.807) is 6.33 Å². The summed E-state index contributed by atoms with van der Waals surface area (Å²) in [6.45, 7) is 0. The molecule has 150 valence electrons. The summed E-state index contributed by atoms with van der Waals surface area (Å²) < 4.78 is 1.84. The molecule has 1 N–H and O–H groups in total. The predicted octanol–water partition coefficient (Wildman–Crippen LogP) is 5.24. The van der Waals surface area contributed by atoms with Crippen LogP contribution in [-0.2, 0) is 0 Å². The van der Waals surface area contributed by atoms with Gasteiger partial charge in [-0.2, -0.15) is 4.98 Å². The zero-order chi connectivity index (χ0) is 20.9. The number of aromatic nitrogens is 6. The maximum Gasteiger partial charge on any atom is 0.257 e. The third kappa shape index (κ3) is 2.90. The second-order valence-electron chi connectivity index (χ2n) is 7.34. The van der Waals surface area contributed by atoms with Gasteiger partial charge in [0.2, 0.25) is 0 Å². The largest absolute Gasteiger partial charge is 0.360 e. The van der Waals surface area contributed by atoms with Crippen molar-refractivity contribution in [3.8, 4) is 11.1 Å². The van der Waals surface area contributed by atoms with E-state index in [9.17, 15) is 0 Å². The third-order valence-corrected chi connectivity index (χ3v) is 5.71. The highest BCUT2D eigenvalue weighted by molar-refractivity contribution is 6.31. The van der Waals surface area contributed by atoms with E-state index in [0.717, 1.165) is 44.6 Å². The van der Waals surface area contributed by atoms with Gasteiger partial charge in [-0.15, -0.1) is 10.2 Å². The lowest BCUT2D eigenvalue weighted by Gasteiger charge is -2.21. The molecule has 6 rings (SSSR count). The molecule has 4 aromatic heterocycles. The minimum Gasteiger partial charge on any atom is -0.360 e. The van der Waals surface area contributed by atoms with E-state index in [1.807, 2.05) is 54.2 Å². The zero-order valence-corrected chi connectivity index (χ0v) is 17.2. The molecule has 0 atom stereocenters. The van der Waals surface area contributed by atoms with E-state index in [4.69, 9.17) is 16.6 Å². The highest BCUT2D eigenvalue weighted by Crippen LogP contribution is 2.33. The van der Waals surface area contributed by atoms with E-state index in [2.05, 4.69) is 49.3 Å². The number of nitrogens with zero attached hydrogens (tertiary/aromatic N) is 6. The minimum absolute atomic E-state index is 0.522. The second kappa shape index (κ2) is 6.78. The van der Waals surface area contributed by atoms with Crippen LogP contribution in [0.5, 0.6) is 0 Å². The Bertz CT molecular complexity index is 1580. The fourth-order valence-electron chi connectivity index (χ4n) is 3.89. The first kappa shape index (κ1) is 17.9. The number of anilines is 2. The third-order valence-electron chi connectivity index (χ3n) is 5.48. The molecular weight excluding hydrogens is 410 g/mol. The number of halogens is 1. The Kier molecular flexibility index (Phi) is 3.91. The standard InChI is InChI=1S/C23H16ClN7/c1-30(22-18-6-5-16(24)11-21(18)31-13-27-29-23(31)28-22)17-4-2-3-14(9-17)15-10-20-19(26-12-15)7-8-25-20/h2-13,25H,1H3. The van der Waals surface area contributed by atoms with Gasteiger partial charge in [-0.25, -0.2) is 0 Å². The number of fused-ring (bicyclic) bond motifs is 4. The fraction of sp³-hybridized carbons (Fsp3) is 0.0435. The van der Waals surface area contributed by atoms with Crippen molar-refractivity contribution in [2.45, 2.75) is 0 Å². The van der Waals surface area contributed by atoms with Crippen LogP contribution in [0, 0.1) is 0 Å². The maximum atomic E-state index is 6.26. The Morgan fingerprint density at radius 3 is 2.90 bits per heavy atom. The molecule has 0 fully saturated rings.